The monoisotopic (exact) mass is 294 g/mol. The largest absolute Gasteiger partial charge is 0.369 e. The fraction of sp³-hybridized carbons (Fsp3) is 0.500. The van der Waals surface area contributed by atoms with E-state index in [1.807, 2.05) is 6.92 Å². The first-order chi connectivity index (χ1) is 10.1. The molecule has 1 aliphatic heterocycles. The van der Waals surface area contributed by atoms with Gasteiger partial charge in [0.05, 0.1) is 11.8 Å². The lowest BCUT2D eigenvalue weighted by molar-refractivity contribution is -0.120. The molecule has 0 spiro atoms. The van der Waals surface area contributed by atoms with Crippen molar-refractivity contribution in [3.05, 3.63) is 23.6 Å². The Hall–Kier alpha value is -2.18. The highest BCUT2D eigenvalue weighted by molar-refractivity contribution is 5.99. The molecule has 0 unspecified atom stereocenters. The van der Waals surface area contributed by atoms with Gasteiger partial charge in [0.1, 0.15) is 11.6 Å². The summed E-state index contributed by atoms with van der Waals surface area (Å²) in [6.45, 7) is 3.79. The smallest absolute Gasteiger partial charge is 0.257 e. The van der Waals surface area contributed by atoms with Crippen molar-refractivity contribution >= 4 is 17.6 Å². The minimum atomic E-state index is -0.551. The molecule has 1 aliphatic rings. The van der Waals surface area contributed by atoms with Crippen molar-refractivity contribution in [2.75, 3.05) is 31.5 Å². The lowest BCUT2D eigenvalue weighted by Gasteiger charge is -2.21. The van der Waals surface area contributed by atoms with Gasteiger partial charge in [-0.05, 0) is 12.5 Å². The molecule has 0 aliphatic carbocycles. The molecule has 2 amide bonds. The molecule has 0 aromatic carbocycles. The number of nitrogens with zero attached hydrogens (tertiary/aromatic N) is 2. The van der Waals surface area contributed by atoms with Gasteiger partial charge in [-0.25, -0.2) is 9.37 Å². The highest BCUT2D eigenvalue weighted by Gasteiger charge is 2.23. The Balaban J connectivity index is 2.20. The van der Waals surface area contributed by atoms with Crippen LogP contribution in [0.2, 0.25) is 0 Å². The van der Waals surface area contributed by atoms with E-state index in [1.54, 1.807) is 4.90 Å². The lowest BCUT2D eigenvalue weighted by atomic mass is 10.2. The number of hydrogen-bond donors (Lipinski definition) is 2. The number of carbonyl (C=O) groups is 2. The molecule has 2 rings (SSSR count). The van der Waals surface area contributed by atoms with Crippen LogP contribution in [-0.2, 0) is 4.79 Å². The van der Waals surface area contributed by atoms with Crippen molar-refractivity contribution in [1.29, 1.82) is 0 Å². The van der Waals surface area contributed by atoms with Crippen molar-refractivity contribution in [3.63, 3.8) is 0 Å². The third-order valence-corrected chi connectivity index (χ3v) is 3.23. The van der Waals surface area contributed by atoms with Crippen LogP contribution in [-0.4, -0.2) is 47.9 Å². The van der Waals surface area contributed by atoms with Crippen LogP contribution in [0.15, 0.2) is 12.3 Å². The maximum atomic E-state index is 13.4. The molecule has 114 valence electrons. The molecule has 1 fully saturated rings. The van der Waals surface area contributed by atoms with Crippen LogP contribution in [0.5, 0.6) is 0 Å². The molecule has 0 atom stereocenters. The van der Waals surface area contributed by atoms with Gasteiger partial charge >= 0.3 is 0 Å². The number of hydrogen-bond acceptors (Lipinski definition) is 4. The highest BCUT2D eigenvalue weighted by Crippen LogP contribution is 2.17. The summed E-state index contributed by atoms with van der Waals surface area (Å²) < 4.78 is 13.4. The van der Waals surface area contributed by atoms with Crippen LogP contribution < -0.4 is 10.6 Å². The summed E-state index contributed by atoms with van der Waals surface area (Å²) in [5.74, 6) is -0.555. The standard InChI is InChI=1S/C14H19FN4O2/c1-2-4-17-13-11(8-10(15)9-18-13)14(21)19-6-3-12(20)16-5-7-19/h8-9H,2-7H2,1H3,(H,16,20)(H,17,18). The summed E-state index contributed by atoms with van der Waals surface area (Å²) in [4.78, 5) is 29.4. The van der Waals surface area contributed by atoms with Crippen LogP contribution >= 0.6 is 0 Å². The second-order valence-electron chi connectivity index (χ2n) is 4.87. The topological polar surface area (TPSA) is 74.3 Å². The minimum Gasteiger partial charge on any atom is -0.369 e. The number of rotatable bonds is 4. The first kappa shape index (κ1) is 15.2. The van der Waals surface area contributed by atoms with Gasteiger partial charge in [0, 0.05) is 32.6 Å². The Labute approximate surface area is 122 Å². The third-order valence-electron chi connectivity index (χ3n) is 3.23. The maximum Gasteiger partial charge on any atom is 0.257 e. The molecule has 21 heavy (non-hydrogen) atoms. The molecule has 6 nitrogen and oxygen atoms in total. The molecular formula is C14H19FN4O2. The van der Waals surface area contributed by atoms with Crippen molar-refractivity contribution in [2.45, 2.75) is 19.8 Å². The molecule has 0 saturated carbocycles. The van der Waals surface area contributed by atoms with Gasteiger partial charge < -0.3 is 15.5 Å². The normalized spacial score (nSPS) is 15.3. The van der Waals surface area contributed by atoms with Crippen molar-refractivity contribution in [2.24, 2.45) is 0 Å². The zero-order chi connectivity index (χ0) is 15.2. The second-order valence-corrected chi connectivity index (χ2v) is 4.87. The maximum absolute atomic E-state index is 13.4. The minimum absolute atomic E-state index is 0.0769. The van der Waals surface area contributed by atoms with Gasteiger partial charge in [0.2, 0.25) is 5.91 Å². The van der Waals surface area contributed by atoms with E-state index in [1.165, 1.54) is 6.07 Å². The summed E-state index contributed by atoms with van der Waals surface area (Å²) >= 11 is 0. The SMILES string of the molecule is CCCNc1ncc(F)cc1C(=O)N1CCNC(=O)CC1. The van der Waals surface area contributed by atoms with E-state index in [4.69, 9.17) is 0 Å². The summed E-state index contributed by atoms with van der Waals surface area (Å²) in [6, 6.07) is 1.19. The quantitative estimate of drug-likeness (QED) is 0.869. The first-order valence-electron chi connectivity index (χ1n) is 7.07. The Kier molecular flexibility index (Phi) is 5.08. The number of amides is 2. The number of aromatic nitrogens is 1. The third kappa shape index (κ3) is 3.90. The molecule has 2 N–H and O–H groups in total. The number of halogens is 1. The van der Waals surface area contributed by atoms with E-state index in [-0.39, 0.29) is 23.8 Å². The number of anilines is 1. The van der Waals surface area contributed by atoms with Gasteiger partial charge in [-0.1, -0.05) is 6.92 Å². The molecule has 7 heteroatoms. The van der Waals surface area contributed by atoms with E-state index in [9.17, 15) is 14.0 Å². The average molecular weight is 294 g/mol. The van der Waals surface area contributed by atoms with Crippen LogP contribution in [0.3, 0.4) is 0 Å². The number of carbonyl (C=O) groups excluding carboxylic acids is 2. The van der Waals surface area contributed by atoms with Crippen LogP contribution in [0.1, 0.15) is 30.1 Å². The van der Waals surface area contributed by atoms with Gasteiger partial charge in [-0.2, -0.15) is 0 Å². The lowest BCUT2D eigenvalue weighted by Crippen LogP contribution is -2.34. The van der Waals surface area contributed by atoms with E-state index in [0.717, 1.165) is 12.6 Å². The van der Waals surface area contributed by atoms with Gasteiger partial charge in [-0.15, -0.1) is 0 Å². The Bertz CT molecular complexity index is 536. The molecule has 0 radical (unpaired) electrons. The van der Waals surface area contributed by atoms with Crippen molar-refractivity contribution in [1.82, 2.24) is 15.2 Å². The summed E-state index contributed by atoms with van der Waals surface area (Å²) in [5.41, 5.74) is 0.206. The van der Waals surface area contributed by atoms with E-state index < -0.39 is 5.82 Å². The Morgan fingerprint density at radius 3 is 3.10 bits per heavy atom. The Morgan fingerprint density at radius 2 is 2.33 bits per heavy atom. The van der Waals surface area contributed by atoms with Crippen LogP contribution in [0.4, 0.5) is 10.2 Å². The van der Waals surface area contributed by atoms with Crippen molar-refractivity contribution in [3.8, 4) is 0 Å². The predicted molar refractivity (Wildman–Crippen MR) is 76.5 cm³/mol. The molecular weight excluding hydrogens is 275 g/mol. The second kappa shape index (κ2) is 7.01. The fourth-order valence-electron chi connectivity index (χ4n) is 2.13. The molecule has 0 bridgehead atoms. The summed E-state index contributed by atoms with van der Waals surface area (Å²) in [7, 11) is 0. The molecule has 1 aromatic heterocycles. The summed E-state index contributed by atoms with van der Waals surface area (Å²) in [5, 5.41) is 5.73. The predicted octanol–water partition coefficient (Wildman–Crippen LogP) is 1.00. The number of pyridine rings is 1. The van der Waals surface area contributed by atoms with Gasteiger partial charge in [0.15, 0.2) is 0 Å². The molecule has 1 saturated heterocycles. The molecule has 1 aromatic rings. The fourth-order valence-corrected chi connectivity index (χ4v) is 2.13. The average Bonchev–Trinajstić information content (AvgIpc) is 2.70. The van der Waals surface area contributed by atoms with Crippen LogP contribution in [0.25, 0.3) is 0 Å². The molecule has 2 heterocycles. The van der Waals surface area contributed by atoms with Crippen molar-refractivity contribution < 1.29 is 14.0 Å². The van der Waals surface area contributed by atoms with E-state index >= 15 is 0 Å². The van der Waals surface area contributed by atoms with Gasteiger partial charge in [0.25, 0.3) is 5.91 Å². The number of nitrogens with one attached hydrogen (secondary N) is 2. The first-order valence-corrected chi connectivity index (χ1v) is 7.07. The van der Waals surface area contributed by atoms with E-state index in [2.05, 4.69) is 15.6 Å². The Morgan fingerprint density at radius 1 is 1.52 bits per heavy atom. The van der Waals surface area contributed by atoms with Crippen LogP contribution in [0, 0.1) is 5.82 Å². The zero-order valence-corrected chi connectivity index (χ0v) is 12.0. The zero-order valence-electron chi connectivity index (χ0n) is 12.0. The highest BCUT2D eigenvalue weighted by atomic mass is 19.1. The van der Waals surface area contributed by atoms with E-state index in [0.29, 0.717) is 32.0 Å². The van der Waals surface area contributed by atoms with Gasteiger partial charge in [-0.3, -0.25) is 9.59 Å². The summed E-state index contributed by atoms with van der Waals surface area (Å²) in [6.07, 6.45) is 2.21.